The number of ketones is 1. The molecule has 2 aromatic carbocycles. The van der Waals surface area contributed by atoms with Crippen molar-refractivity contribution in [3.63, 3.8) is 0 Å². The van der Waals surface area contributed by atoms with Gasteiger partial charge >= 0.3 is 0 Å². The first kappa shape index (κ1) is 57.4. The Morgan fingerprint density at radius 1 is 0.409 bits per heavy atom. The molecule has 8 N–H and O–H groups in total. The van der Waals surface area contributed by atoms with Crippen molar-refractivity contribution in [3.05, 3.63) is 71.8 Å². The second kappa shape index (κ2) is 32.0. The van der Waals surface area contributed by atoms with Crippen LogP contribution in [0.15, 0.2) is 60.7 Å². The third kappa shape index (κ3) is 20.4. The summed E-state index contributed by atoms with van der Waals surface area (Å²) in [5.41, 5.74) is 24.9. The Labute approximate surface area is 395 Å². The summed E-state index contributed by atoms with van der Waals surface area (Å²) in [6, 6.07) is 17.8. The van der Waals surface area contributed by atoms with E-state index in [9.17, 15) is 28.8 Å². The van der Waals surface area contributed by atoms with Gasteiger partial charge in [0.25, 0.3) is 0 Å². The molecule has 370 valence electrons. The number of carbonyl (C=O) groups is 6. The van der Waals surface area contributed by atoms with Crippen molar-refractivity contribution < 1.29 is 28.8 Å². The first-order chi connectivity index (χ1) is 31.6. The molecule has 0 bridgehead atoms. The van der Waals surface area contributed by atoms with Crippen molar-refractivity contribution in [1.29, 1.82) is 0 Å². The zero-order chi connectivity index (χ0) is 49.0. The lowest BCUT2D eigenvalue weighted by molar-refractivity contribution is -0.149. The summed E-state index contributed by atoms with van der Waals surface area (Å²) in [5.74, 6) is -2.32. The van der Waals surface area contributed by atoms with E-state index in [1.165, 1.54) is 19.6 Å². The minimum atomic E-state index is -0.598. The third-order valence-electron chi connectivity index (χ3n) is 12.1. The SMILES string of the molecule is CC(C)C(=O)CN(C(=O)CN(CCCCN)C(=O)CN(C(=O)CN(CCCCN)C(=O)CN(CCCCN)C(=O)CN(CCCCN)C(C)C)[C@@H](C)c1ccccc1)[C@@H](C)c1ccccc1. The molecule has 2 rings (SSSR count). The van der Waals surface area contributed by atoms with Crippen molar-refractivity contribution in [2.75, 3.05) is 91.6 Å². The maximum absolute atomic E-state index is 14.8. The van der Waals surface area contributed by atoms with Gasteiger partial charge in [0.15, 0.2) is 5.78 Å². The van der Waals surface area contributed by atoms with Crippen LogP contribution < -0.4 is 22.9 Å². The van der Waals surface area contributed by atoms with Gasteiger partial charge in [-0.1, -0.05) is 74.5 Å². The number of carbonyl (C=O) groups excluding carboxylic acids is 6. The second-order valence-corrected chi connectivity index (χ2v) is 17.8. The normalized spacial score (nSPS) is 12.3. The van der Waals surface area contributed by atoms with Gasteiger partial charge in [0, 0.05) is 31.6 Å². The molecule has 66 heavy (non-hydrogen) atoms. The zero-order valence-electron chi connectivity index (χ0n) is 41.1. The molecule has 0 heterocycles. The van der Waals surface area contributed by atoms with Crippen LogP contribution in [0.5, 0.6) is 0 Å². The highest BCUT2D eigenvalue weighted by molar-refractivity contribution is 5.93. The highest BCUT2D eigenvalue weighted by Crippen LogP contribution is 2.23. The smallest absolute Gasteiger partial charge is 0.243 e. The lowest BCUT2D eigenvalue weighted by Crippen LogP contribution is -2.52. The molecule has 0 aromatic heterocycles. The van der Waals surface area contributed by atoms with Crippen molar-refractivity contribution in [2.45, 2.75) is 111 Å². The molecule has 0 unspecified atom stereocenters. The Hall–Kier alpha value is -4.74. The molecule has 0 saturated carbocycles. The minimum Gasteiger partial charge on any atom is -0.332 e. The number of Topliss-reactive ketones (excluding diaryl/α,β-unsaturated/α-hetero) is 1. The van der Waals surface area contributed by atoms with Crippen molar-refractivity contribution >= 4 is 35.3 Å². The van der Waals surface area contributed by atoms with Gasteiger partial charge in [-0.3, -0.25) is 33.7 Å². The first-order valence-electron chi connectivity index (χ1n) is 24.2. The van der Waals surface area contributed by atoms with Crippen LogP contribution in [0, 0.1) is 5.92 Å². The predicted octanol–water partition coefficient (Wildman–Crippen LogP) is 3.54. The zero-order valence-corrected chi connectivity index (χ0v) is 41.1. The van der Waals surface area contributed by atoms with E-state index < -0.39 is 35.7 Å². The van der Waals surface area contributed by atoms with E-state index in [0.29, 0.717) is 77.8 Å². The number of hydrogen-bond donors (Lipinski definition) is 4. The maximum Gasteiger partial charge on any atom is 0.243 e. The van der Waals surface area contributed by atoms with E-state index in [2.05, 4.69) is 4.90 Å². The van der Waals surface area contributed by atoms with Gasteiger partial charge in [0.2, 0.25) is 29.5 Å². The fraction of sp³-hybridized carbons (Fsp3) is 0.640. The summed E-state index contributed by atoms with van der Waals surface area (Å²) in [6.07, 6.45) is 5.23. The summed E-state index contributed by atoms with van der Waals surface area (Å²) in [6.45, 7) is 13.3. The van der Waals surface area contributed by atoms with Crippen molar-refractivity contribution in [3.8, 4) is 0 Å². The number of amides is 5. The quantitative estimate of drug-likeness (QED) is 0.0743. The average Bonchev–Trinajstić information content (AvgIpc) is 3.30. The number of benzene rings is 2. The largest absolute Gasteiger partial charge is 0.332 e. The molecular formula is C50H84N10O6. The van der Waals surface area contributed by atoms with E-state index >= 15 is 0 Å². The monoisotopic (exact) mass is 921 g/mol. The summed E-state index contributed by atoms with van der Waals surface area (Å²) in [4.78, 5) is 94.7. The van der Waals surface area contributed by atoms with Crippen molar-refractivity contribution in [2.24, 2.45) is 28.9 Å². The number of nitrogens with two attached hydrogens (primary N) is 4. The van der Waals surface area contributed by atoms with Crippen LogP contribution in [0.4, 0.5) is 0 Å². The van der Waals surface area contributed by atoms with Gasteiger partial charge in [-0.2, -0.15) is 0 Å². The minimum absolute atomic E-state index is 0.0968. The Bertz CT molecular complexity index is 1730. The maximum atomic E-state index is 14.8. The van der Waals surface area contributed by atoms with E-state index in [1.54, 1.807) is 18.7 Å². The van der Waals surface area contributed by atoms with E-state index in [1.807, 2.05) is 88.4 Å². The van der Waals surface area contributed by atoms with Gasteiger partial charge in [-0.15, -0.1) is 0 Å². The number of hydrogen-bond acceptors (Lipinski definition) is 11. The van der Waals surface area contributed by atoms with Crippen LogP contribution >= 0.6 is 0 Å². The van der Waals surface area contributed by atoms with Gasteiger partial charge in [0.05, 0.1) is 44.8 Å². The molecule has 16 heteroatoms. The van der Waals surface area contributed by atoms with Gasteiger partial charge < -0.3 is 47.4 Å². The Morgan fingerprint density at radius 3 is 1.11 bits per heavy atom. The van der Waals surface area contributed by atoms with Crippen LogP contribution in [-0.2, 0) is 28.8 Å². The molecule has 0 aliphatic carbocycles. The molecule has 2 aromatic rings. The van der Waals surface area contributed by atoms with Crippen LogP contribution in [0.25, 0.3) is 0 Å². The Kier molecular flexibility index (Phi) is 27.9. The lowest BCUT2D eigenvalue weighted by Gasteiger charge is -2.35. The molecule has 0 radical (unpaired) electrons. The van der Waals surface area contributed by atoms with Gasteiger partial charge in [0.1, 0.15) is 6.54 Å². The lowest BCUT2D eigenvalue weighted by atomic mass is 10.0. The molecule has 0 spiro atoms. The van der Waals surface area contributed by atoms with Crippen LogP contribution in [-0.4, -0.2) is 162 Å². The number of unbranched alkanes of at least 4 members (excludes halogenated alkanes) is 4. The van der Waals surface area contributed by atoms with Crippen LogP contribution in [0.2, 0.25) is 0 Å². The molecule has 16 nitrogen and oxygen atoms in total. The first-order valence-corrected chi connectivity index (χ1v) is 24.2. The highest BCUT2D eigenvalue weighted by atomic mass is 16.2. The number of rotatable bonds is 34. The highest BCUT2D eigenvalue weighted by Gasteiger charge is 2.33. The molecule has 0 fully saturated rings. The standard InChI is InChI=1S/C50H84N10O6/c1-39(2)45(61)33-59(41(5)43-21-9-7-10-22-43)49(65)36-58(32-20-16-28-54)48(64)38-60(42(6)44-23-11-8-12-24-44)50(66)37-57(31-19-15-27-53)47(63)35-56(30-18-14-26-52)46(62)34-55(40(3)4)29-17-13-25-51/h7-12,21-24,39-42H,13-20,25-38,51-54H2,1-6H3/t41-,42-/m0/s1. The molecule has 2 atom stereocenters. The van der Waals surface area contributed by atoms with E-state index in [4.69, 9.17) is 22.9 Å². The average molecular weight is 921 g/mol. The van der Waals surface area contributed by atoms with Gasteiger partial charge in [-0.05, 0) is 123 Å². The number of nitrogens with zero attached hydrogens (tertiary/aromatic N) is 6. The molecule has 0 aliphatic rings. The van der Waals surface area contributed by atoms with E-state index in [0.717, 1.165) is 24.0 Å². The molecule has 5 amide bonds. The predicted molar refractivity (Wildman–Crippen MR) is 263 cm³/mol. The summed E-state index contributed by atoms with van der Waals surface area (Å²) in [5, 5.41) is 0. The van der Waals surface area contributed by atoms with Crippen LogP contribution in [0.3, 0.4) is 0 Å². The second-order valence-electron chi connectivity index (χ2n) is 17.8. The topological polar surface area (TPSA) is 226 Å². The van der Waals surface area contributed by atoms with Gasteiger partial charge in [-0.25, -0.2) is 0 Å². The molecule has 0 saturated heterocycles. The molecule has 0 aliphatic heterocycles. The third-order valence-corrected chi connectivity index (χ3v) is 12.1. The van der Waals surface area contributed by atoms with E-state index in [-0.39, 0.29) is 76.0 Å². The molecular weight excluding hydrogens is 837 g/mol. The summed E-state index contributed by atoms with van der Waals surface area (Å²) < 4.78 is 0. The summed E-state index contributed by atoms with van der Waals surface area (Å²) >= 11 is 0. The Balaban J connectivity index is 2.52. The fourth-order valence-electron chi connectivity index (χ4n) is 7.54. The fourth-order valence-corrected chi connectivity index (χ4v) is 7.54. The summed E-state index contributed by atoms with van der Waals surface area (Å²) in [7, 11) is 0. The van der Waals surface area contributed by atoms with Crippen molar-refractivity contribution in [1.82, 2.24) is 29.4 Å². The van der Waals surface area contributed by atoms with Crippen LogP contribution in [0.1, 0.15) is 116 Å². The Morgan fingerprint density at radius 2 is 0.742 bits per heavy atom.